The Hall–Kier alpha value is -2.27. The molecule has 0 aliphatic carbocycles. The minimum atomic E-state index is -1.11. The van der Waals surface area contributed by atoms with Gasteiger partial charge in [0.2, 0.25) is 0 Å². The van der Waals surface area contributed by atoms with Crippen molar-refractivity contribution >= 4 is 32.8 Å². The van der Waals surface area contributed by atoms with Crippen LogP contribution in [0.15, 0.2) is 53.0 Å². The molecule has 3 rings (SSSR count). The zero-order chi connectivity index (χ0) is 15.0. The van der Waals surface area contributed by atoms with E-state index in [4.69, 9.17) is 0 Å². The summed E-state index contributed by atoms with van der Waals surface area (Å²) in [5.74, 6) is -1.64. The molecule has 0 atom stereocenters. The van der Waals surface area contributed by atoms with Gasteiger partial charge in [-0.1, -0.05) is 40.2 Å². The maximum atomic E-state index is 13.9. The number of aromatic nitrogens is 1. The number of fused-ring (bicyclic) bond motifs is 1. The number of benzene rings is 2. The van der Waals surface area contributed by atoms with Crippen LogP contribution in [0.4, 0.5) is 4.39 Å². The first-order valence-electron chi connectivity index (χ1n) is 6.15. The van der Waals surface area contributed by atoms with Gasteiger partial charge in [0.25, 0.3) is 0 Å². The quantitative estimate of drug-likeness (QED) is 0.743. The lowest BCUT2D eigenvalue weighted by molar-refractivity contribution is 0.0699. The molecule has 1 N–H and O–H groups in total. The summed E-state index contributed by atoms with van der Waals surface area (Å²) in [6.07, 6.45) is 0. The second kappa shape index (κ2) is 5.26. The molecule has 0 saturated heterocycles. The first kappa shape index (κ1) is 13.7. The molecule has 1 heterocycles. The van der Waals surface area contributed by atoms with Gasteiger partial charge in [0.05, 0.1) is 11.3 Å². The van der Waals surface area contributed by atoms with Gasteiger partial charge in [0, 0.05) is 15.4 Å². The van der Waals surface area contributed by atoms with E-state index in [2.05, 4.69) is 20.9 Å². The summed E-state index contributed by atoms with van der Waals surface area (Å²) in [5, 5.41) is 9.63. The zero-order valence-corrected chi connectivity index (χ0v) is 12.3. The molecule has 5 heteroatoms. The van der Waals surface area contributed by atoms with Crippen LogP contribution in [0.3, 0.4) is 0 Å². The predicted molar refractivity (Wildman–Crippen MR) is 81.8 cm³/mol. The van der Waals surface area contributed by atoms with Crippen LogP contribution in [0.2, 0.25) is 0 Å². The zero-order valence-electron chi connectivity index (χ0n) is 10.7. The van der Waals surface area contributed by atoms with Gasteiger partial charge < -0.3 is 5.11 Å². The van der Waals surface area contributed by atoms with Crippen molar-refractivity contribution in [3.05, 3.63) is 64.4 Å². The van der Waals surface area contributed by atoms with Crippen molar-refractivity contribution in [3.8, 4) is 11.3 Å². The topological polar surface area (TPSA) is 50.2 Å². The maximum Gasteiger partial charge on any atom is 0.336 e. The van der Waals surface area contributed by atoms with Crippen LogP contribution in [-0.2, 0) is 0 Å². The van der Waals surface area contributed by atoms with Gasteiger partial charge in [-0.3, -0.25) is 0 Å². The van der Waals surface area contributed by atoms with E-state index in [1.165, 1.54) is 18.2 Å². The molecular weight excluding hydrogens is 337 g/mol. The summed E-state index contributed by atoms with van der Waals surface area (Å²) in [6, 6.07) is 13.0. The number of pyridine rings is 1. The van der Waals surface area contributed by atoms with E-state index >= 15 is 0 Å². The van der Waals surface area contributed by atoms with Crippen molar-refractivity contribution in [3.63, 3.8) is 0 Å². The summed E-state index contributed by atoms with van der Waals surface area (Å²) in [4.78, 5) is 15.7. The van der Waals surface area contributed by atoms with Gasteiger partial charge in [-0.25, -0.2) is 14.2 Å². The molecular formula is C16H9BrFNO2. The number of rotatable bonds is 2. The van der Waals surface area contributed by atoms with Gasteiger partial charge in [-0.15, -0.1) is 0 Å². The molecule has 21 heavy (non-hydrogen) atoms. The Labute approximate surface area is 128 Å². The minimum absolute atomic E-state index is 0.0366. The highest BCUT2D eigenvalue weighted by Gasteiger charge is 2.15. The summed E-state index contributed by atoms with van der Waals surface area (Å²) in [7, 11) is 0. The van der Waals surface area contributed by atoms with Gasteiger partial charge in [0.1, 0.15) is 11.3 Å². The number of carboxylic acids is 1. The number of para-hydroxylation sites is 1. The lowest BCUT2D eigenvalue weighted by Gasteiger charge is -2.08. The first-order chi connectivity index (χ1) is 10.1. The third-order valence-electron chi connectivity index (χ3n) is 3.14. The van der Waals surface area contributed by atoms with Crippen LogP contribution in [0.5, 0.6) is 0 Å². The minimum Gasteiger partial charge on any atom is -0.478 e. The van der Waals surface area contributed by atoms with Gasteiger partial charge in [-0.2, -0.15) is 0 Å². The lowest BCUT2D eigenvalue weighted by atomic mass is 10.0. The normalized spacial score (nSPS) is 10.8. The molecule has 0 fully saturated rings. The monoisotopic (exact) mass is 345 g/mol. The van der Waals surface area contributed by atoms with Crippen molar-refractivity contribution in [2.24, 2.45) is 0 Å². The standard InChI is InChI=1S/C16H9BrFNO2/c17-10-4-1-3-9(7-10)14-8-12(16(20)21)11-5-2-6-13(18)15(11)19-14/h1-8H,(H,20,21). The SMILES string of the molecule is O=C(O)c1cc(-c2cccc(Br)c2)nc2c(F)cccc12. The molecule has 3 nitrogen and oxygen atoms in total. The van der Waals surface area contributed by atoms with Crippen molar-refractivity contribution in [1.29, 1.82) is 0 Å². The second-order valence-electron chi connectivity index (χ2n) is 4.51. The number of halogens is 2. The Balaban J connectivity index is 2.35. The summed E-state index contributed by atoms with van der Waals surface area (Å²) < 4.78 is 14.8. The molecule has 104 valence electrons. The molecule has 0 unspecified atom stereocenters. The average Bonchev–Trinajstić information content (AvgIpc) is 2.46. The van der Waals surface area contributed by atoms with Gasteiger partial charge >= 0.3 is 5.97 Å². The van der Waals surface area contributed by atoms with Crippen LogP contribution >= 0.6 is 15.9 Å². The molecule has 0 spiro atoms. The number of carboxylic acid groups (broad SMARTS) is 1. The molecule has 0 saturated carbocycles. The average molecular weight is 346 g/mol. The number of nitrogens with zero attached hydrogens (tertiary/aromatic N) is 1. The van der Waals surface area contributed by atoms with Crippen LogP contribution in [0.1, 0.15) is 10.4 Å². The first-order valence-corrected chi connectivity index (χ1v) is 6.94. The number of hydrogen-bond acceptors (Lipinski definition) is 2. The van der Waals surface area contributed by atoms with E-state index in [1.54, 1.807) is 18.2 Å². The largest absolute Gasteiger partial charge is 0.478 e. The van der Waals surface area contributed by atoms with E-state index < -0.39 is 11.8 Å². The van der Waals surface area contributed by atoms with Crippen LogP contribution < -0.4 is 0 Å². The fourth-order valence-corrected chi connectivity index (χ4v) is 2.59. The van der Waals surface area contributed by atoms with Crippen molar-refractivity contribution in [2.75, 3.05) is 0 Å². The molecule has 0 radical (unpaired) electrons. The highest BCUT2D eigenvalue weighted by molar-refractivity contribution is 9.10. The predicted octanol–water partition coefficient (Wildman–Crippen LogP) is 4.50. The second-order valence-corrected chi connectivity index (χ2v) is 5.42. The smallest absolute Gasteiger partial charge is 0.336 e. The molecule has 0 amide bonds. The Bertz CT molecular complexity index is 864. The molecule has 1 aromatic heterocycles. The van der Waals surface area contributed by atoms with Gasteiger partial charge in [-0.05, 0) is 24.3 Å². The highest BCUT2D eigenvalue weighted by Crippen LogP contribution is 2.27. The fraction of sp³-hybridized carbons (Fsp3) is 0. The van der Waals surface area contributed by atoms with Crippen molar-refractivity contribution < 1.29 is 14.3 Å². The third kappa shape index (κ3) is 2.52. The molecule has 0 aliphatic rings. The van der Waals surface area contributed by atoms with E-state index in [0.29, 0.717) is 11.1 Å². The molecule has 3 aromatic rings. The van der Waals surface area contributed by atoms with E-state index in [0.717, 1.165) is 10.0 Å². The summed E-state index contributed by atoms with van der Waals surface area (Å²) in [5.41, 5.74) is 1.24. The summed E-state index contributed by atoms with van der Waals surface area (Å²) in [6.45, 7) is 0. The fourth-order valence-electron chi connectivity index (χ4n) is 2.19. The Morgan fingerprint density at radius 3 is 2.62 bits per heavy atom. The van der Waals surface area contributed by atoms with E-state index in [9.17, 15) is 14.3 Å². The van der Waals surface area contributed by atoms with Gasteiger partial charge in [0.15, 0.2) is 0 Å². The molecule has 2 aromatic carbocycles. The van der Waals surface area contributed by atoms with Crippen LogP contribution in [0.25, 0.3) is 22.2 Å². The van der Waals surface area contributed by atoms with Crippen LogP contribution in [-0.4, -0.2) is 16.1 Å². The Morgan fingerprint density at radius 1 is 1.14 bits per heavy atom. The highest BCUT2D eigenvalue weighted by atomic mass is 79.9. The number of hydrogen-bond donors (Lipinski definition) is 1. The number of carbonyl (C=O) groups is 1. The molecule has 0 aliphatic heterocycles. The maximum absolute atomic E-state index is 13.9. The van der Waals surface area contributed by atoms with Crippen LogP contribution in [0, 0.1) is 5.82 Å². The summed E-state index contributed by atoms with van der Waals surface area (Å²) >= 11 is 3.35. The Morgan fingerprint density at radius 2 is 1.90 bits per heavy atom. The molecule has 0 bridgehead atoms. The van der Waals surface area contributed by atoms with Crippen molar-refractivity contribution in [2.45, 2.75) is 0 Å². The Kier molecular flexibility index (Phi) is 3.43. The van der Waals surface area contributed by atoms with E-state index in [1.807, 2.05) is 12.1 Å². The third-order valence-corrected chi connectivity index (χ3v) is 3.63. The number of aromatic carboxylic acids is 1. The van der Waals surface area contributed by atoms with Crippen molar-refractivity contribution in [1.82, 2.24) is 4.98 Å². The van der Waals surface area contributed by atoms with E-state index in [-0.39, 0.29) is 11.1 Å². The lowest BCUT2D eigenvalue weighted by Crippen LogP contribution is -2.01.